The van der Waals surface area contributed by atoms with E-state index in [4.69, 9.17) is 0 Å². The van der Waals surface area contributed by atoms with Crippen LogP contribution < -0.4 is 4.90 Å². The SMILES string of the molecule is CC(C)N(Cc1ccccc1)c1cc(C(=O)N2CCCCCC2)ncn1. The first kappa shape index (κ1) is 18.4. The van der Waals surface area contributed by atoms with E-state index < -0.39 is 0 Å². The minimum Gasteiger partial charge on any atom is -0.350 e. The summed E-state index contributed by atoms with van der Waals surface area (Å²) in [5.74, 6) is 0.830. The van der Waals surface area contributed by atoms with Crippen molar-refractivity contribution in [2.24, 2.45) is 0 Å². The lowest BCUT2D eigenvalue weighted by Gasteiger charge is -2.28. The molecule has 1 aromatic heterocycles. The van der Waals surface area contributed by atoms with Gasteiger partial charge >= 0.3 is 0 Å². The summed E-state index contributed by atoms with van der Waals surface area (Å²) in [6.45, 7) is 6.70. The van der Waals surface area contributed by atoms with E-state index in [1.165, 1.54) is 24.7 Å². The molecule has 1 saturated heterocycles. The van der Waals surface area contributed by atoms with Crippen molar-refractivity contribution in [3.63, 3.8) is 0 Å². The van der Waals surface area contributed by atoms with Crippen LogP contribution in [0.2, 0.25) is 0 Å². The van der Waals surface area contributed by atoms with Crippen molar-refractivity contribution in [1.82, 2.24) is 14.9 Å². The summed E-state index contributed by atoms with van der Waals surface area (Å²) in [6.07, 6.45) is 6.08. The third-order valence-corrected chi connectivity index (χ3v) is 4.88. The highest BCUT2D eigenvalue weighted by atomic mass is 16.2. The molecule has 0 radical (unpaired) electrons. The maximum atomic E-state index is 12.9. The minimum absolute atomic E-state index is 0.0268. The van der Waals surface area contributed by atoms with Crippen molar-refractivity contribution < 1.29 is 4.79 Å². The topological polar surface area (TPSA) is 49.3 Å². The molecule has 0 spiro atoms. The number of carbonyl (C=O) groups is 1. The molecule has 5 nitrogen and oxygen atoms in total. The van der Waals surface area contributed by atoms with Gasteiger partial charge in [0.05, 0.1) is 0 Å². The predicted octanol–water partition coefficient (Wildman–Crippen LogP) is 3.91. The molecule has 0 saturated carbocycles. The number of hydrogen-bond acceptors (Lipinski definition) is 4. The molecule has 1 fully saturated rings. The zero-order valence-electron chi connectivity index (χ0n) is 15.8. The Hall–Kier alpha value is -2.43. The van der Waals surface area contributed by atoms with Gasteiger partial charge in [-0.25, -0.2) is 9.97 Å². The summed E-state index contributed by atoms with van der Waals surface area (Å²) in [5.41, 5.74) is 1.72. The van der Waals surface area contributed by atoms with Gasteiger partial charge in [0.1, 0.15) is 17.8 Å². The Bertz CT molecular complexity index is 709. The third kappa shape index (κ3) is 4.59. The van der Waals surface area contributed by atoms with Crippen molar-refractivity contribution >= 4 is 11.7 Å². The second-order valence-electron chi connectivity index (χ2n) is 7.18. The Labute approximate surface area is 156 Å². The molecule has 0 atom stereocenters. The Morgan fingerprint density at radius 3 is 2.42 bits per heavy atom. The van der Waals surface area contributed by atoms with Crippen LogP contribution in [-0.4, -0.2) is 39.9 Å². The Balaban J connectivity index is 1.80. The molecule has 1 aromatic carbocycles. The van der Waals surface area contributed by atoms with Crippen molar-refractivity contribution in [2.45, 2.75) is 52.1 Å². The van der Waals surface area contributed by atoms with Gasteiger partial charge in [-0.15, -0.1) is 0 Å². The average molecular weight is 352 g/mol. The van der Waals surface area contributed by atoms with Crippen LogP contribution in [-0.2, 0) is 6.54 Å². The molecule has 26 heavy (non-hydrogen) atoms. The lowest BCUT2D eigenvalue weighted by atomic mass is 10.2. The number of aromatic nitrogens is 2. The maximum absolute atomic E-state index is 12.9. The van der Waals surface area contributed by atoms with E-state index in [1.54, 1.807) is 0 Å². The number of benzene rings is 1. The van der Waals surface area contributed by atoms with Gasteiger partial charge in [-0.3, -0.25) is 4.79 Å². The number of carbonyl (C=O) groups excluding carboxylic acids is 1. The summed E-state index contributed by atoms with van der Waals surface area (Å²) in [7, 11) is 0. The summed E-state index contributed by atoms with van der Waals surface area (Å²) in [6, 6.07) is 12.4. The van der Waals surface area contributed by atoms with Crippen LogP contribution in [0, 0.1) is 0 Å². The first-order chi connectivity index (χ1) is 12.6. The van der Waals surface area contributed by atoms with Crippen LogP contribution in [0.15, 0.2) is 42.7 Å². The zero-order valence-corrected chi connectivity index (χ0v) is 15.8. The van der Waals surface area contributed by atoms with Crippen molar-refractivity contribution in [2.75, 3.05) is 18.0 Å². The van der Waals surface area contributed by atoms with E-state index in [9.17, 15) is 4.79 Å². The number of rotatable bonds is 5. The fourth-order valence-corrected chi connectivity index (χ4v) is 3.37. The van der Waals surface area contributed by atoms with E-state index >= 15 is 0 Å². The molecule has 3 rings (SSSR count). The lowest BCUT2D eigenvalue weighted by Crippen LogP contribution is -2.34. The molecule has 0 bridgehead atoms. The predicted molar refractivity (Wildman–Crippen MR) is 104 cm³/mol. The van der Waals surface area contributed by atoms with E-state index in [0.717, 1.165) is 38.3 Å². The number of anilines is 1. The third-order valence-electron chi connectivity index (χ3n) is 4.88. The largest absolute Gasteiger partial charge is 0.350 e. The first-order valence-electron chi connectivity index (χ1n) is 9.57. The van der Waals surface area contributed by atoms with Crippen molar-refractivity contribution in [3.8, 4) is 0 Å². The van der Waals surface area contributed by atoms with Crippen molar-refractivity contribution in [3.05, 3.63) is 54.0 Å². The molecule has 1 aliphatic heterocycles. The van der Waals surface area contributed by atoms with E-state index in [-0.39, 0.29) is 11.9 Å². The van der Waals surface area contributed by atoms with Gasteiger partial charge < -0.3 is 9.80 Å². The van der Waals surface area contributed by atoms with Gasteiger partial charge in [0.2, 0.25) is 0 Å². The Morgan fingerprint density at radius 1 is 1.08 bits per heavy atom. The summed E-state index contributed by atoms with van der Waals surface area (Å²) in [4.78, 5) is 25.7. The second kappa shape index (κ2) is 8.79. The lowest BCUT2D eigenvalue weighted by molar-refractivity contribution is 0.0755. The van der Waals surface area contributed by atoms with Gasteiger partial charge in [0, 0.05) is 31.7 Å². The molecular weight excluding hydrogens is 324 g/mol. The number of hydrogen-bond donors (Lipinski definition) is 0. The van der Waals surface area contributed by atoms with Crippen LogP contribution in [0.1, 0.15) is 55.6 Å². The Kier molecular flexibility index (Phi) is 6.21. The normalized spacial score (nSPS) is 15.0. The van der Waals surface area contributed by atoms with Gasteiger partial charge in [-0.2, -0.15) is 0 Å². The van der Waals surface area contributed by atoms with E-state index in [1.807, 2.05) is 29.2 Å². The van der Waals surface area contributed by atoms with Crippen LogP contribution in [0.5, 0.6) is 0 Å². The highest BCUT2D eigenvalue weighted by Gasteiger charge is 2.21. The molecule has 138 valence electrons. The fraction of sp³-hybridized carbons (Fsp3) is 0.476. The molecule has 2 aromatic rings. The van der Waals surface area contributed by atoms with Gasteiger partial charge in [0.25, 0.3) is 5.91 Å². The number of nitrogens with zero attached hydrogens (tertiary/aromatic N) is 4. The van der Waals surface area contributed by atoms with Crippen LogP contribution >= 0.6 is 0 Å². The molecule has 2 heterocycles. The molecule has 1 aliphatic rings. The maximum Gasteiger partial charge on any atom is 0.272 e. The molecule has 0 unspecified atom stereocenters. The first-order valence-corrected chi connectivity index (χ1v) is 9.57. The summed E-state index contributed by atoms with van der Waals surface area (Å²) < 4.78 is 0. The van der Waals surface area contributed by atoms with Crippen LogP contribution in [0.3, 0.4) is 0 Å². The minimum atomic E-state index is 0.0268. The molecule has 0 aliphatic carbocycles. The highest BCUT2D eigenvalue weighted by Crippen LogP contribution is 2.19. The Morgan fingerprint density at radius 2 is 1.77 bits per heavy atom. The van der Waals surface area contributed by atoms with E-state index in [2.05, 4.69) is 40.8 Å². The molecule has 1 amide bonds. The van der Waals surface area contributed by atoms with Gasteiger partial charge in [-0.1, -0.05) is 43.2 Å². The number of likely N-dealkylation sites (tertiary alicyclic amines) is 1. The highest BCUT2D eigenvalue weighted by molar-refractivity contribution is 5.93. The smallest absolute Gasteiger partial charge is 0.272 e. The summed E-state index contributed by atoms with van der Waals surface area (Å²) in [5, 5.41) is 0. The average Bonchev–Trinajstić information content (AvgIpc) is 2.96. The second-order valence-corrected chi connectivity index (χ2v) is 7.18. The quantitative estimate of drug-likeness (QED) is 0.819. The van der Waals surface area contributed by atoms with Gasteiger partial charge in [-0.05, 0) is 32.3 Å². The fourth-order valence-electron chi connectivity index (χ4n) is 3.37. The summed E-state index contributed by atoms with van der Waals surface area (Å²) >= 11 is 0. The van der Waals surface area contributed by atoms with Gasteiger partial charge in [0.15, 0.2) is 0 Å². The molecule has 5 heteroatoms. The molecular formula is C21H28N4O. The van der Waals surface area contributed by atoms with Crippen LogP contribution in [0.25, 0.3) is 0 Å². The zero-order chi connectivity index (χ0) is 18.4. The molecule has 0 N–H and O–H groups in total. The number of amides is 1. The monoisotopic (exact) mass is 352 g/mol. The van der Waals surface area contributed by atoms with Crippen molar-refractivity contribution in [1.29, 1.82) is 0 Å². The van der Waals surface area contributed by atoms with Crippen LogP contribution in [0.4, 0.5) is 5.82 Å². The standard InChI is InChI=1S/C21H28N4O/c1-17(2)25(15-18-10-6-5-7-11-18)20-14-19(22-16-23-20)21(26)24-12-8-3-4-9-13-24/h5-7,10-11,14,16-17H,3-4,8-9,12-13,15H2,1-2H3. The van der Waals surface area contributed by atoms with E-state index in [0.29, 0.717) is 5.69 Å².